The van der Waals surface area contributed by atoms with Crippen LogP contribution in [0, 0.1) is 0 Å². The van der Waals surface area contributed by atoms with E-state index in [-0.39, 0.29) is 24.1 Å². The highest BCUT2D eigenvalue weighted by Gasteiger charge is 2.22. The van der Waals surface area contributed by atoms with Gasteiger partial charge in [-0.25, -0.2) is 4.79 Å². The maximum atomic E-state index is 11.9. The number of ether oxygens (including phenoxy) is 1. The number of hydrogen-bond acceptors (Lipinski definition) is 3. The zero-order valence-corrected chi connectivity index (χ0v) is 14.0. The number of urea groups is 1. The van der Waals surface area contributed by atoms with Crippen LogP contribution in [-0.4, -0.2) is 37.4 Å². The summed E-state index contributed by atoms with van der Waals surface area (Å²) < 4.78 is 5.16. The van der Waals surface area contributed by atoms with Crippen LogP contribution >= 0.6 is 0 Å². The van der Waals surface area contributed by atoms with E-state index >= 15 is 0 Å². The second-order valence-corrected chi connectivity index (χ2v) is 6.06. The molecular weight excluding hydrogens is 280 g/mol. The van der Waals surface area contributed by atoms with E-state index in [1.165, 1.54) is 0 Å². The Bertz CT molecular complexity index is 457. The summed E-state index contributed by atoms with van der Waals surface area (Å²) in [5, 5.41) is 14.7. The molecule has 124 valence electrons. The zero-order chi connectivity index (χ0) is 16.6. The van der Waals surface area contributed by atoms with Crippen molar-refractivity contribution >= 4 is 6.03 Å². The standard InChI is InChI=1S/C17H28N2O3/c1-5-14(10-11-20)19-16(21)18-12-17(2,3)13-6-8-15(22-4)9-7-13/h6-9,14,20H,5,10-12H2,1-4H3,(H2,18,19,21). The fraction of sp³-hybridized carbons (Fsp3) is 0.588. The lowest BCUT2D eigenvalue weighted by Crippen LogP contribution is -2.46. The van der Waals surface area contributed by atoms with Crippen molar-refractivity contribution in [1.82, 2.24) is 10.6 Å². The van der Waals surface area contributed by atoms with Crippen molar-refractivity contribution in [3.8, 4) is 5.75 Å². The third-order valence-corrected chi connectivity index (χ3v) is 3.87. The SMILES string of the molecule is CCC(CCO)NC(=O)NCC(C)(C)c1ccc(OC)cc1. The average molecular weight is 308 g/mol. The Morgan fingerprint density at radius 2 is 1.95 bits per heavy atom. The zero-order valence-electron chi connectivity index (χ0n) is 14.0. The van der Waals surface area contributed by atoms with Gasteiger partial charge >= 0.3 is 6.03 Å². The van der Waals surface area contributed by atoms with Gasteiger partial charge in [0.2, 0.25) is 0 Å². The molecule has 0 fully saturated rings. The van der Waals surface area contributed by atoms with Crippen LogP contribution in [0.2, 0.25) is 0 Å². The summed E-state index contributed by atoms with van der Waals surface area (Å²) in [5.74, 6) is 0.819. The van der Waals surface area contributed by atoms with Gasteiger partial charge in [0.25, 0.3) is 0 Å². The quantitative estimate of drug-likeness (QED) is 0.691. The number of hydrogen-bond donors (Lipinski definition) is 3. The summed E-state index contributed by atoms with van der Waals surface area (Å²) in [6.07, 6.45) is 1.38. The third-order valence-electron chi connectivity index (χ3n) is 3.87. The molecule has 1 aromatic rings. The number of aliphatic hydroxyl groups is 1. The van der Waals surface area contributed by atoms with Gasteiger partial charge in [-0.2, -0.15) is 0 Å². The van der Waals surface area contributed by atoms with Crippen LogP contribution in [0.4, 0.5) is 4.79 Å². The van der Waals surface area contributed by atoms with Crippen LogP contribution in [-0.2, 0) is 5.41 Å². The highest BCUT2D eigenvalue weighted by Crippen LogP contribution is 2.24. The molecule has 0 aliphatic rings. The monoisotopic (exact) mass is 308 g/mol. The lowest BCUT2D eigenvalue weighted by atomic mass is 9.84. The topological polar surface area (TPSA) is 70.6 Å². The first-order chi connectivity index (χ1) is 10.4. The van der Waals surface area contributed by atoms with Gasteiger partial charge in [0.1, 0.15) is 5.75 Å². The molecule has 5 nitrogen and oxygen atoms in total. The molecule has 1 atom stereocenters. The van der Waals surface area contributed by atoms with Gasteiger partial charge in [0, 0.05) is 24.6 Å². The minimum absolute atomic E-state index is 0.00842. The van der Waals surface area contributed by atoms with E-state index in [9.17, 15) is 4.79 Å². The third kappa shape index (κ3) is 5.56. The largest absolute Gasteiger partial charge is 0.497 e. The average Bonchev–Trinajstić information content (AvgIpc) is 2.52. The Kier molecular flexibility index (Phi) is 7.18. The summed E-state index contributed by atoms with van der Waals surface area (Å²) in [6, 6.07) is 7.69. The van der Waals surface area contributed by atoms with Crippen molar-refractivity contribution in [1.29, 1.82) is 0 Å². The van der Waals surface area contributed by atoms with Gasteiger partial charge in [0.05, 0.1) is 7.11 Å². The van der Waals surface area contributed by atoms with E-state index in [4.69, 9.17) is 9.84 Å². The highest BCUT2D eigenvalue weighted by molar-refractivity contribution is 5.74. The van der Waals surface area contributed by atoms with Crippen molar-refractivity contribution in [3.05, 3.63) is 29.8 Å². The second kappa shape index (κ2) is 8.63. The Labute approximate surface area is 133 Å². The molecule has 0 aromatic heterocycles. The Hall–Kier alpha value is -1.75. The van der Waals surface area contributed by atoms with Gasteiger partial charge in [-0.15, -0.1) is 0 Å². The summed E-state index contributed by atoms with van der Waals surface area (Å²) in [7, 11) is 1.64. The normalized spacial score (nSPS) is 12.6. The molecule has 0 aliphatic carbocycles. The lowest BCUT2D eigenvalue weighted by Gasteiger charge is -2.26. The van der Waals surface area contributed by atoms with Gasteiger partial charge in [0.15, 0.2) is 0 Å². The number of rotatable bonds is 8. The number of methoxy groups -OCH3 is 1. The summed E-state index contributed by atoms with van der Waals surface area (Å²) in [5.41, 5.74) is 0.957. The van der Waals surface area contributed by atoms with E-state index in [0.717, 1.165) is 17.7 Å². The van der Waals surface area contributed by atoms with Crippen molar-refractivity contribution in [2.45, 2.75) is 45.1 Å². The fourth-order valence-electron chi connectivity index (χ4n) is 2.22. The first kappa shape index (κ1) is 18.3. The molecule has 0 spiro atoms. The Balaban J connectivity index is 2.55. The van der Waals surface area contributed by atoms with Crippen molar-refractivity contribution in [2.24, 2.45) is 0 Å². The van der Waals surface area contributed by atoms with Crippen LogP contribution in [0.15, 0.2) is 24.3 Å². The summed E-state index contributed by atoms with van der Waals surface area (Å²) in [6.45, 7) is 6.76. The van der Waals surface area contributed by atoms with Crippen molar-refractivity contribution in [2.75, 3.05) is 20.3 Å². The van der Waals surface area contributed by atoms with Crippen LogP contribution in [0.5, 0.6) is 5.75 Å². The number of carbonyl (C=O) groups excluding carboxylic acids is 1. The molecule has 1 aromatic carbocycles. The van der Waals surface area contributed by atoms with E-state index in [2.05, 4.69) is 24.5 Å². The molecule has 1 unspecified atom stereocenters. The molecule has 0 saturated carbocycles. The van der Waals surface area contributed by atoms with Gasteiger partial charge in [-0.05, 0) is 30.5 Å². The maximum Gasteiger partial charge on any atom is 0.315 e. The number of nitrogens with one attached hydrogen (secondary N) is 2. The minimum Gasteiger partial charge on any atom is -0.497 e. The van der Waals surface area contributed by atoms with Crippen LogP contribution in [0.1, 0.15) is 39.2 Å². The molecule has 0 saturated heterocycles. The molecule has 3 N–H and O–H groups in total. The smallest absolute Gasteiger partial charge is 0.315 e. The summed E-state index contributed by atoms with van der Waals surface area (Å²) in [4.78, 5) is 11.9. The molecule has 0 heterocycles. The molecule has 0 radical (unpaired) electrons. The summed E-state index contributed by atoms with van der Waals surface area (Å²) >= 11 is 0. The second-order valence-electron chi connectivity index (χ2n) is 6.06. The Morgan fingerprint density at radius 1 is 1.32 bits per heavy atom. The predicted octanol–water partition coefficient (Wildman–Crippen LogP) is 2.43. The molecule has 2 amide bonds. The first-order valence-electron chi connectivity index (χ1n) is 7.72. The Morgan fingerprint density at radius 3 is 2.45 bits per heavy atom. The predicted molar refractivity (Wildman–Crippen MR) is 88.3 cm³/mol. The van der Waals surface area contributed by atoms with E-state index < -0.39 is 0 Å². The van der Waals surface area contributed by atoms with E-state index in [1.54, 1.807) is 7.11 Å². The molecule has 5 heteroatoms. The van der Waals surface area contributed by atoms with Crippen molar-refractivity contribution in [3.63, 3.8) is 0 Å². The number of amides is 2. The lowest BCUT2D eigenvalue weighted by molar-refractivity contribution is 0.226. The number of aliphatic hydroxyl groups excluding tert-OH is 1. The van der Waals surface area contributed by atoms with E-state index in [0.29, 0.717) is 13.0 Å². The molecule has 0 aliphatic heterocycles. The van der Waals surface area contributed by atoms with Gasteiger partial charge in [-0.3, -0.25) is 0 Å². The maximum absolute atomic E-state index is 11.9. The first-order valence-corrected chi connectivity index (χ1v) is 7.72. The van der Waals surface area contributed by atoms with Crippen LogP contribution in [0.25, 0.3) is 0 Å². The molecule has 22 heavy (non-hydrogen) atoms. The van der Waals surface area contributed by atoms with Crippen LogP contribution < -0.4 is 15.4 Å². The van der Waals surface area contributed by atoms with Gasteiger partial charge in [-0.1, -0.05) is 32.9 Å². The number of benzene rings is 1. The van der Waals surface area contributed by atoms with E-state index in [1.807, 2.05) is 31.2 Å². The fourth-order valence-corrected chi connectivity index (χ4v) is 2.22. The molecule has 0 bridgehead atoms. The highest BCUT2D eigenvalue weighted by atomic mass is 16.5. The van der Waals surface area contributed by atoms with Crippen LogP contribution in [0.3, 0.4) is 0 Å². The molecule has 1 rings (SSSR count). The molecular formula is C17H28N2O3. The number of carbonyl (C=O) groups is 1. The van der Waals surface area contributed by atoms with Gasteiger partial charge < -0.3 is 20.5 Å². The minimum atomic E-state index is -0.193. The van der Waals surface area contributed by atoms with Crippen molar-refractivity contribution < 1.29 is 14.6 Å².